The highest BCUT2D eigenvalue weighted by Gasteiger charge is 2.33. The first-order chi connectivity index (χ1) is 11.8. The lowest BCUT2D eigenvalue weighted by molar-refractivity contribution is -0.138. The van der Waals surface area contributed by atoms with Gasteiger partial charge in [0.15, 0.2) is 5.96 Å². The highest BCUT2D eigenvalue weighted by molar-refractivity contribution is 5.79. The van der Waals surface area contributed by atoms with E-state index in [4.69, 9.17) is 9.47 Å². The molecule has 1 aromatic carbocycles. The van der Waals surface area contributed by atoms with Crippen molar-refractivity contribution in [1.82, 2.24) is 10.6 Å². The first kappa shape index (κ1) is 21.1. The van der Waals surface area contributed by atoms with Gasteiger partial charge in [0, 0.05) is 26.7 Å². The van der Waals surface area contributed by atoms with Gasteiger partial charge in [-0.1, -0.05) is 6.07 Å². The second kappa shape index (κ2) is 10.1. The lowest BCUT2D eigenvalue weighted by Crippen LogP contribution is -2.38. The summed E-state index contributed by atoms with van der Waals surface area (Å²) in [6, 6.07) is 3.99. The zero-order valence-electron chi connectivity index (χ0n) is 15.0. The van der Waals surface area contributed by atoms with Crippen LogP contribution in [0, 0.1) is 0 Å². The monoisotopic (exact) mass is 361 g/mol. The van der Waals surface area contributed by atoms with Crippen LogP contribution >= 0.6 is 0 Å². The molecule has 25 heavy (non-hydrogen) atoms. The number of nitrogens with zero attached hydrogens (tertiary/aromatic N) is 1. The number of hydrogen-bond acceptors (Lipinski definition) is 3. The third kappa shape index (κ3) is 7.64. The molecule has 0 fully saturated rings. The summed E-state index contributed by atoms with van der Waals surface area (Å²) >= 11 is 0. The van der Waals surface area contributed by atoms with Gasteiger partial charge in [-0.25, -0.2) is 0 Å². The van der Waals surface area contributed by atoms with E-state index < -0.39 is 11.7 Å². The molecule has 0 unspecified atom stereocenters. The van der Waals surface area contributed by atoms with Gasteiger partial charge in [0.05, 0.1) is 18.3 Å². The fourth-order valence-corrected chi connectivity index (χ4v) is 2.10. The molecule has 8 heteroatoms. The zero-order chi connectivity index (χ0) is 18.9. The third-order valence-electron chi connectivity index (χ3n) is 3.17. The predicted molar refractivity (Wildman–Crippen MR) is 91.9 cm³/mol. The second-order valence-corrected chi connectivity index (χ2v) is 5.53. The van der Waals surface area contributed by atoms with Crippen molar-refractivity contribution >= 4 is 5.96 Å². The smallest absolute Gasteiger partial charge is 0.416 e. The molecule has 0 aliphatic heterocycles. The van der Waals surface area contributed by atoms with Crippen molar-refractivity contribution in [3.63, 3.8) is 0 Å². The van der Waals surface area contributed by atoms with Crippen LogP contribution in [0.4, 0.5) is 13.2 Å². The van der Waals surface area contributed by atoms with E-state index in [0.717, 1.165) is 6.07 Å². The number of rotatable bonds is 8. The van der Waals surface area contributed by atoms with Crippen molar-refractivity contribution in [3.8, 4) is 5.75 Å². The van der Waals surface area contributed by atoms with Crippen molar-refractivity contribution in [3.05, 3.63) is 29.3 Å². The molecule has 0 atom stereocenters. The number of alkyl halides is 3. The Kier molecular flexibility index (Phi) is 8.54. The van der Waals surface area contributed by atoms with Crippen LogP contribution in [0.15, 0.2) is 23.2 Å². The minimum absolute atomic E-state index is 0.00882. The quantitative estimate of drug-likeness (QED) is 0.424. The minimum Gasteiger partial charge on any atom is -0.491 e. The maximum absolute atomic E-state index is 13.3. The van der Waals surface area contributed by atoms with Gasteiger partial charge < -0.3 is 20.1 Å². The van der Waals surface area contributed by atoms with Crippen LogP contribution in [-0.4, -0.2) is 38.9 Å². The fraction of sp³-hybridized carbons (Fsp3) is 0.588. The zero-order valence-corrected chi connectivity index (χ0v) is 15.0. The Morgan fingerprint density at radius 2 is 1.96 bits per heavy atom. The summed E-state index contributed by atoms with van der Waals surface area (Å²) in [6.45, 7) is 7.02. The maximum atomic E-state index is 13.3. The summed E-state index contributed by atoms with van der Waals surface area (Å²) in [4.78, 5) is 3.98. The summed E-state index contributed by atoms with van der Waals surface area (Å²) in [5, 5.41) is 5.86. The number of nitrogens with one attached hydrogen (secondary N) is 2. The molecule has 0 aliphatic carbocycles. The second-order valence-electron chi connectivity index (χ2n) is 5.53. The Morgan fingerprint density at radius 1 is 1.24 bits per heavy atom. The van der Waals surface area contributed by atoms with Gasteiger partial charge >= 0.3 is 6.18 Å². The normalized spacial score (nSPS) is 12.4. The Bertz CT molecular complexity index is 561. The van der Waals surface area contributed by atoms with Crippen LogP contribution in [0.25, 0.3) is 0 Å². The van der Waals surface area contributed by atoms with Crippen molar-refractivity contribution in [2.24, 2.45) is 4.99 Å². The first-order valence-corrected chi connectivity index (χ1v) is 8.17. The molecule has 0 heterocycles. The van der Waals surface area contributed by atoms with Crippen LogP contribution in [0.3, 0.4) is 0 Å². The van der Waals surface area contributed by atoms with Crippen molar-refractivity contribution in [1.29, 1.82) is 0 Å². The maximum Gasteiger partial charge on any atom is 0.416 e. The Labute approximate surface area is 146 Å². The molecular weight excluding hydrogens is 335 g/mol. The molecule has 2 N–H and O–H groups in total. The summed E-state index contributed by atoms with van der Waals surface area (Å²) in [5.41, 5.74) is -0.598. The average Bonchev–Trinajstić information content (AvgIpc) is 2.53. The highest BCUT2D eigenvalue weighted by atomic mass is 19.4. The number of halogens is 3. The van der Waals surface area contributed by atoms with Gasteiger partial charge in [0.2, 0.25) is 0 Å². The number of benzene rings is 1. The van der Waals surface area contributed by atoms with Crippen molar-refractivity contribution in [2.45, 2.75) is 39.6 Å². The molecule has 1 rings (SSSR count). The van der Waals surface area contributed by atoms with E-state index in [2.05, 4.69) is 15.6 Å². The van der Waals surface area contributed by atoms with Crippen molar-refractivity contribution in [2.75, 3.05) is 26.8 Å². The Hall–Kier alpha value is -1.96. The van der Waals surface area contributed by atoms with Crippen LogP contribution in [-0.2, 0) is 17.5 Å². The largest absolute Gasteiger partial charge is 0.491 e. The Morgan fingerprint density at radius 3 is 2.52 bits per heavy atom. The number of aliphatic imine (C=N–C) groups is 1. The molecular formula is C17H26F3N3O2. The average molecular weight is 361 g/mol. The summed E-state index contributed by atoms with van der Waals surface area (Å²) < 4.78 is 50.5. The SMILES string of the molecule is CCOCCNC(=NC)NCc1ccc(OC(C)C)cc1C(F)(F)F. The minimum atomic E-state index is -4.46. The highest BCUT2D eigenvalue weighted by Crippen LogP contribution is 2.34. The molecule has 0 spiro atoms. The van der Waals surface area contributed by atoms with Crippen LogP contribution in [0.5, 0.6) is 5.75 Å². The molecule has 1 aromatic rings. The Balaban J connectivity index is 2.79. The third-order valence-corrected chi connectivity index (χ3v) is 3.17. The van der Waals surface area contributed by atoms with E-state index in [1.807, 2.05) is 6.92 Å². The standard InChI is InChI=1S/C17H26F3N3O2/c1-5-24-9-8-22-16(21-4)23-11-13-6-7-14(25-12(2)3)10-15(13)17(18,19)20/h6-7,10,12H,5,8-9,11H2,1-4H3,(H2,21,22,23). The number of hydrogen-bond donors (Lipinski definition) is 2. The van der Waals surface area contributed by atoms with E-state index in [-0.39, 0.29) is 24.0 Å². The summed E-state index contributed by atoms with van der Waals surface area (Å²) in [5.74, 6) is 0.612. The lowest BCUT2D eigenvalue weighted by atomic mass is 10.1. The lowest BCUT2D eigenvalue weighted by Gasteiger charge is -2.18. The van der Waals surface area contributed by atoms with E-state index in [1.54, 1.807) is 20.9 Å². The van der Waals surface area contributed by atoms with Gasteiger partial charge in [0.1, 0.15) is 5.75 Å². The first-order valence-electron chi connectivity index (χ1n) is 8.17. The molecule has 5 nitrogen and oxygen atoms in total. The van der Waals surface area contributed by atoms with E-state index in [9.17, 15) is 13.2 Å². The fourth-order valence-electron chi connectivity index (χ4n) is 2.10. The van der Waals surface area contributed by atoms with Crippen LogP contribution in [0.2, 0.25) is 0 Å². The van der Waals surface area contributed by atoms with Gasteiger partial charge in [-0.2, -0.15) is 13.2 Å². The topological polar surface area (TPSA) is 54.9 Å². The summed E-state index contributed by atoms with van der Waals surface area (Å²) in [7, 11) is 1.56. The molecule has 0 aliphatic rings. The van der Waals surface area contributed by atoms with Crippen molar-refractivity contribution < 1.29 is 22.6 Å². The number of guanidine groups is 1. The van der Waals surface area contributed by atoms with Gasteiger partial charge in [-0.05, 0) is 38.5 Å². The molecule has 0 saturated carbocycles. The molecule has 0 bridgehead atoms. The van der Waals surface area contributed by atoms with Gasteiger partial charge in [0.25, 0.3) is 0 Å². The number of ether oxygens (including phenoxy) is 2. The van der Waals surface area contributed by atoms with Gasteiger partial charge in [-0.3, -0.25) is 4.99 Å². The van der Waals surface area contributed by atoms with E-state index >= 15 is 0 Å². The molecule has 0 amide bonds. The molecule has 142 valence electrons. The van der Waals surface area contributed by atoms with Crippen LogP contribution in [0.1, 0.15) is 31.9 Å². The molecule has 0 saturated heterocycles. The predicted octanol–water partition coefficient (Wildman–Crippen LogP) is 3.19. The molecule has 0 radical (unpaired) electrons. The van der Waals surface area contributed by atoms with E-state index in [1.165, 1.54) is 12.1 Å². The molecule has 0 aromatic heterocycles. The van der Waals surface area contributed by atoms with Gasteiger partial charge in [-0.15, -0.1) is 0 Å². The van der Waals surface area contributed by atoms with Crippen LogP contribution < -0.4 is 15.4 Å². The summed E-state index contributed by atoms with van der Waals surface area (Å²) in [6.07, 6.45) is -4.65. The van der Waals surface area contributed by atoms with E-state index in [0.29, 0.717) is 25.7 Å².